The number of hydrogen-bond donors (Lipinski definition) is 1. The Morgan fingerprint density at radius 1 is 0.913 bits per heavy atom. The zero-order valence-electron chi connectivity index (χ0n) is 13.4. The summed E-state index contributed by atoms with van der Waals surface area (Å²) >= 11 is 0. The number of nitrogens with zero attached hydrogens (tertiary/aromatic N) is 1. The van der Waals surface area contributed by atoms with Gasteiger partial charge in [-0.25, -0.2) is 0 Å². The van der Waals surface area contributed by atoms with E-state index in [2.05, 4.69) is 17.0 Å². The normalized spacial score (nSPS) is 15.6. The first-order valence-electron chi connectivity index (χ1n) is 8.21. The van der Waals surface area contributed by atoms with E-state index in [-0.39, 0.29) is 0 Å². The van der Waals surface area contributed by atoms with E-state index < -0.39 is 0 Å². The molecule has 2 aromatic rings. The minimum Gasteiger partial charge on any atom is -0.491 e. The van der Waals surface area contributed by atoms with Crippen molar-refractivity contribution in [2.45, 2.75) is 18.9 Å². The van der Waals surface area contributed by atoms with Crippen molar-refractivity contribution in [2.75, 3.05) is 36.9 Å². The maximum absolute atomic E-state index is 5.94. The summed E-state index contributed by atoms with van der Waals surface area (Å²) in [7, 11) is 0. The van der Waals surface area contributed by atoms with Gasteiger partial charge in [0.1, 0.15) is 12.4 Å². The number of piperidine rings is 1. The van der Waals surface area contributed by atoms with Crippen molar-refractivity contribution < 1.29 is 9.47 Å². The third-order valence-electron chi connectivity index (χ3n) is 4.15. The second kappa shape index (κ2) is 7.88. The molecule has 2 aromatic carbocycles. The molecule has 122 valence electrons. The number of rotatable bonds is 6. The van der Waals surface area contributed by atoms with Gasteiger partial charge in [-0.15, -0.1) is 0 Å². The van der Waals surface area contributed by atoms with Crippen molar-refractivity contribution in [2.24, 2.45) is 0 Å². The fraction of sp³-hybridized carbons (Fsp3) is 0.368. The van der Waals surface area contributed by atoms with Gasteiger partial charge in [-0.1, -0.05) is 18.2 Å². The van der Waals surface area contributed by atoms with Crippen LogP contribution >= 0.6 is 0 Å². The Bertz CT molecular complexity index is 578. The molecule has 1 saturated heterocycles. The van der Waals surface area contributed by atoms with E-state index in [0.717, 1.165) is 37.4 Å². The fourth-order valence-corrected chi connectivity index (χ4v) is 2.86. The van der Waals surface area contributed by atoms with Crippen LogP contribution in [0, 0.1) is 0 Å². The van der Waals surface area contributed by atoms with Crippen LogP contribution in [-0.4, -0.2) is 32.4 Å². The van der Waals surface area contributed by atoms with Gasteiger partial charge in [0.2, 0.25) is 0 Å². The van der Waals surface area contributed by atoms with Gasteiger partial charge in [-0.05, 0) is 49.2 Å². The number of para-hydroxylation sites is 1. The molecular weight excluding hydrogens is 288 g/mol. The van der Waals surface area contributed by atoms with Crippen LogP contribution in [0.2, 0.25) is 0 Å². The lowest BCUT2D eigenvalue weighted by atomic mass is 10.1. The standard InChI is InChI=1S/C19H24N2O2/c20-16-6-8-17(9-7-16)21-12-10-19(11-13-21)23-15-14-22-18-4-2-1-3-5-18/h1-9,19H,10-15,20H2. The zero-order chi connectivity index (χ0) is 15.9. The quantitative estimate of drug-likeness (QED) is 0.656. The first-order chi connectivity index (χ1) is 11.3. The van der Waals surface area contributed by atoms with Gasteiger partial charge in [0.15, 0.2) is 0 Å². The van der Waals surface area contributed by atoms with Gasteiger partial charge in [0.05, 0.1) is 12.7 Å². The molecule has 0 aliphatic carbocycles. The van der Waals surface area contributed by atoms with Gasteiger partial charge < -0.3 is 20.1 Å². The van der Waals surface area contributed by atoms with Crippen LogP contribution in [0.1, 0.15) is 12.8 Å². The van der Waals surface area contributed by atoms with Crippen molar-refractivity contribution >= 4 is 11.4 Å². The molecule has 1 aliphatic heterocycles. The van der Waals surface area contributed by atoms with Gasteiger partial charge >= 0.3 is 0 Å². The summed E-state index contributed by atoms with van der Waals surface area (Å²) in [6.07, 6.45) is 2.44. The van der Waals surface area contributed by atoms with E-state index in [4.69, 9.17) is 15.2 Å². The highest BCUT2D eigenvalue weighted by molar-refractivity contribution is 5.53. The Kier molecular flexibility index (Phi) is 5.37. The summed E-state index contributed by atoms with van der Waals surface area (Å²) in [5, 5.41) is 0. The maximum atomic E-state index is 5.94. The third kappa shape index (κ3) is 4.63. The number of nitrogens with two attached hydrogens (primary N) is 1. The Labute approximate surface area is 137 Å². The molecule has 0 radical (unpaired) electrons. The summed E-state index contributed by atoms with van der Waals surface area (Å²) < 4.78 is 11.6. The zero-order valence-corrected chi connectivity index (χ0v) is 13.4. The van der Waals surface area contributed by atoms with Crippen LogP contribution in [0.15, 0.2) is 54.6 Å². The van der Waals surface area contributed by atoms with Crippen molar-refractivity contribution in [1.29, 1.82) is 0 Å². The van der Waals surface area contributed by atoms with E-state index in [9.17, 15) is 0 Å². The molecule has 0 amide bonds. The molecule has 3 rings (SSSR count). The van der Waals surface area contributed by atoms with E-state index in [1.807, 2.05) is 42.5 Å². The van der Waals surface area contributed by atoms with Crippen LogP contribution < -0.4 is 15.4 Å². The Balaban J connectivity index is 1.35. The fourth-order valence-electron chi connectivity index (χ4n) is 2.86. The topological polar surface area (TPSA) is 47.7 Å². The summed E-state index contributed by atoms with van der Waals surface area (Å²) in [6, 6.07) is 18.0. The molecule has 0 bridgehead atoms. The predicted octanol–water partition coefficient (Wildman–Crippen LogP) is 3.33. The number of anilines is 2. The highest BCUT2D eigenvalue weighted by Crippen LogP contribution is 2.22. The predicted molar refractivity (Wildman–Crippen MR) is 94.0 cm³/mol. The third-order valence-corrected chi connectivity index (χ3v) is 4.15. The Morgan fingerprint density at radius 3 is 2.30 bits per heavy atom. The molecule has 0 saturated carbocycles. The van der Waals surface area contributed by atoms with E-state index in [1.165, 1.54) is 5.69 Å². The molecule has 23 heavy (non-hydrogen) atoms. The van der Waals surface area contributed by atoms with Crippen molar-refractivity contribution in [1.82, 2.24) is 0 Å². The second-order valence-corrected chi connectivity index (χ2v) is 5.81. The molecule has 1 fully saturated rings. The minimum atomic E-state index is 0.333. The number of nitrogen functional groups attached to an aromatic ring is 1. The van der Waals surface area contributed by atoms with Gasteiger partial charge in [0.25, 0.3) is 0 Å². The van der Waals surface area contributed by atoms with Crippen molar-refractivity contribution in [3.63, 3.8) is 0 Å². The van der Waals surface area contributed by atoms with Crippen molar-refractivity contribution in [3.05, 3.63) is 54.6 Å². The summed E-state index contributed by atoms with van der Waals surface area (Å²) in [6.45, 7) is 3.28. The highest BCUT2D eigenvalue weighted by atomic mass is 16.5. The number of benzene rings is 2. The average Bonchev–Trinajstić information content (AvgIpc) is 2.61. The first-order valence-corrected chi connectivity index (χ1v) is 8.21. The monoisotopic (exact) mass is 312 g/mol. The van der Waals surface area contributed by atoms with Crippen LogP contribution in [0.5, 0.6) is 5.75 Å². The highest BCUT2D eigenvalue weighted by Gasteiger charge is 2.19. The summed E-state index contributed by atoms with van der Waals surface area (Å²) in [5.74, 6) is 0.897. The molecule has 2 N–H and O–H groups in total. The summed E-state index contributed by atoms with van der Waals surface area (Å²) in [5.41, 5.74) is 7.79. The lowest BCUT2D eigenvalue weighted by Gasteiger charge is -2.33. The Hall–Kier alpha value is -2.20. The molecule has 4 nitrogen and oxygen atoms in total. The molecule has 0 aromatic heterocycles. The van der Waals surface area contributed by atoms with Gasteiger partial charge in [-0.2, -0.15) is 0 Å². The maximum Gasteiger partial charge on any atom is 0.119 e. The molecule has 0 atom stereocenters. The molecule has 0 unspecified atom stereocenters. The molecule has 0 spiro atoms. The molecular formula is C19H24N2O2. The smallest absolute Gasteiger partial charge is 0.119 e. The van der Waals surface area contributed by atoms with Crippen LogP contribution in [-0.2, 0) is 4.74 Å². The van der Waals surface area contributed by atoms with Crippen LogP contribution in [0.3, 0.4) is 0 Å². The summed E-state index contributed by atoms with van der Waals surface area (Å²) in [4.78, 5) is 2.39. The first kappa shape index (κ1) is 15.7. The van der Waals surface area contributed by atoms with Crippen molar-refractivity contribution in [3.8, 4) is 5.75 Å². The lowest BCUT2D eigenvalue weighted by molar-refractivity contribution is 0.0203. The molecule has 1 heterocycles. The number of hydrogen-bond acceptors (Lipinski definition) is 4. The van der Waals surface area contributed by atoms with Gasteiger partial charge in [-0.3, -0.25) is 0 Å². The Morgan fingerprint density at radius 2 is 1.61 bits per heavy atom. The second-order valence-electron chi connectivity index (χ2n) is 5.81. The van der Waals surface area contributed by atoms with E-state index in [1.54, 1.807) is 0 Å². The van der Waals surface area contributed by atoms with E-state index >= 15 is 0 Å². The van der Waals surface area contributed by atoms with Crippen LogP contribution in [0.4, 0.5) is 11.4 Å². The largest absolute Gasteiger partial charge is 0.491 e. The van der Waals surface area contributed by atoms with E-state index in [0.29, 0.717) is 19.3 Å². The lowest BCUT2D eigenvalue weighted by Crippen LogP contribution is -2.37. The SMILES string of the molecule is Nc1ccc(N2CCC(OCCOc3ccccc3)CC2)cc1. The number of ether oxygens (including phenoxy) is 2. The molecule has 4 heteroatoms. The van der Waals surface area contributed by atoms with Gasteiger partial charge in [0, 0.05) is 24.5 Å². The average molecular weight is 312 g/mol. The van der Waals surface area contributed by atoms with Crippen LogP contribution in [0.25, 0.3) is 0 Å². The minimum absolute atomic E-state index is 0.333. The molecule has 1 aliphatic rings.